The maximum atomic E-state index is 12.7. The summed E-state index contributed by atoms with van der Waals surface area (Å²) in [6.07, 6.45) is 1.92. The van der Waals surface area contributed by atoms with Crippen molar-refractivity contribution in [3.8, 4) is 0 Å². The molecule has 0 unspecified atom stereocenters. The number of imidazole rings is 1. The molecule has 2 heterocycles. The van der Waals surface area contributed by atoms with Crippen LogP contribution in [0.1, 0.15) is 22.6 Å². The number of pyridine rings is 1. The standard InChI is InChI=1S/C18H19N5O2/c1-12-17(18(25)22-13-5-3-2-4-6-13)23-11-14(7-8-15(23)20-12)21-16(24)9-10-19/h2-8,11H,9-10,19H2,1H3,(H,21,24)(H,22,25). The molecule has 3 aromatic rings. The van der Waals surface area contributed by atoms with Crippen LogP contribution < -0.4 is 16.4 Å². The number of aryl methyl sites for hydroxylation is 1. The van der Waals surface area contributed by atoms with Crippen LogP contribution in [0.4, 0.5) is 11.4 Å². The minimum Gasteiger partial charge on any atom is -0.330 e. The molecule has 2 amide bonds. The van der Waals surface area contributed by atoms with Gasteiger partial charge in [-0.3, -0.25) is 14.0 Å². The van der Waals surface area contributed by atoms with Crippen LogP contribution in [0.25, 0.3) is 5.65 Å². The van der Waals surface area contributed by atoms with Crippen LogP contribution in [0, 0.1) is 6.92 Å². The lowest BCUT2D eigenvalue weighted by Crippen LogP contribution is -2.17. The topological polar surface area (TPSA) is 102 Å². The van der Waals surface area contributed by atoms with Gasteiger partial charge < -0.3 is 16.4 Å². The van der Waals surface area contributed by atoms with E-state index in [4.69, 9.17) is 5.73 Å². The zero-order chi connectivity index (χ0) is 17.8. The number of nitrogens with one attached hydrogen (secondary N) is 2. The number of amides is 2. The summed E-state index contributed by atoms with van der Waals surface area (Å²) in [6, 6.07) is 12.7. The van der Waals surface area contributed by atoms with Gasteiger partial charge in [-0.2, -0.15) is 0 Å². The number of benzene rings is 1. The van der Waals surface area contributed by atoms with Crippen molar-refractivity contribution in [2.45, 2.75) is 13.3 Å². The van der Waals surface area contributed by atoms with E-state index < -0.39 is 0 Å². The fourth-order valence-electron chi connectivity index (χ4n) is 2.58. The molecule has 7 heteroatoms. The molecule has 0 saturated heterocycles. The summed E-state index contributed by atoms with van der Waals surface area (Å²) >= 11 is 0. The zero-order valence-corrected chi connectivity index (χ0v) is 13.8. The molecule has 128 valence electrons. The first-order valence-corrected chi connectivity index (χ1v) is 7.93. The molecule has 0 atom stereocenters. The molecule has 3 rings (SSSR count). The van der Waals surface area contributed by atoms with E-state index in [9.17, 15) is 9.59 Å². The Hall–Kier alpha value is -3.19. The number of carbonyl (C=O) groups is 2. The molecule has 2 aromatic heterocycles. The Morgan fingerprint density at radius 3 is 2.56 bits per heavy atom. The molecule has 0 radical (unpaired) electrons. The van der Waals surface area contributed by atoms with Crippen LogP contribution in [0.15, 0.2) is 48.7 Å². The highest BCUT2D eigenvalue weighted by Gasteiger charge is 2.17. The third-order valence-corrected chi connectivity index (χ3v) is 3.69. The summed E-state index contributed by atoms with van der Waals surface area (Å²) < 4.78 is 1.67. The number of nitrogens with zero attached hydrogens (tertiary/aromatic N) is 2. The van der Waals surface area contributed by atoms with Crippen LogP contribution in [0.2, 0.25) is 0 Å². The molecule has 0 fully saturated rings. The van der Waals surface area contributed by atoms with E-state index in [-0.39, 0.29) is 24.8 Å². The van der Waals surface area contributed by atoms with Gasteiger partial charge in [0, 0.05) is 24.8 Å². The Kier molecular flexibility index (Phi) is 4.76. The van der Waals surface area contributed by atoms with Crippen molar-refractivity contribution in [1.82, 2.24) is 9.38 Å². The van der Waals surface area contributed by atoms with Crippen LogP contribution in [0.5, 0.6) is 0 Å². The van der Waals surface area contributed by atoms with E-state index >= 15 is 0 Å². The van der Waals surface area contributed by atoms with Crippen molar-refractivity contribution < 1.29 is 9.59 Å². The molecule has 0 aliphatic heterocycles. The Morgan fingerprint density at radius 2 is 1.84 bits per heavy atom. The molecule has 0 aliphatic carbocycles. The number of para-hydroxylation sites is 1. The number of nitrogens with two attached hydrogens (primary N) is 1. The maximum absolute atomic E-state index is 12.7. The van der Waals surface area contributed by atoms with E-state index in [0.29, 0.717) is 28.4 Å². The second kappa shape index (κ2) is 7.14. The molecular weight excluding hydrogens is 318 g/mol. The lowest BCUT2D eigenvalue weighted by Gasteiger charge is -2.08. The van der Waals surface area contributed by atoms with Crippen LogP contribution >= 0.6 is 0 Å². The third-order valence-electron chi connectivity index (χ3n) is 3.69. The van der Waals surface area contributed by atoms with Crippen molar-refractivity contribution in [3.05, 3.63) is 60.0 Å². The summed E-state index contributed by atoms with van der Waals surface area (Å²) in [5, 5.41) is 5.62. The van der Waals surface area contributed by atoms with Gasteiger partial charge >= 0.3 is 0 Å². The number of hydrogen-bond acceptors (Lipinski definition) is 4. The van der Waals surface area contributed by atoms with E-state index in [1.54, 1.807) is 29.7 Å². The summed E-state index contributed by atoms with van der Waals surface area (Å²) in [6.45, 7) is 2.06. The molecule has 1 aromatic carbocycles. The monoisotopic (exact) mass is 337 g/mol. The van der Waals surface area contributed by atoms with Gasteiger partial charge in [-0.05, 0) is 31.2 Å². The molecular formula is C18H19N5O2. The van der Waals surface area contributed by atoms with Gasteiger partial charge in [0.2, 0.25) is 5.91 Å². The number of anilines is 2. The maximum Gasteiger partial charge on any atom is 0.274 e. The Balaban J connectivity index is 1.92. The predicted molar refractivity (Wildman–Crippen MR) is 96.6 cm³/mol. The van der Waals surface area contributed by atoms with Crippen molar-refractivity contribution in [1.29, 1.82) is 0 Å². The molecule has 25 heavy (non-hydrogen) atoms. The number of aromatic nitrogens is 2. The highest BCUT2D eigenvalue weighted by atomic mass is 16.2. The average Bonchev–Trinajstić information content (AvgIpc) is 2.91. The molecule has 0 bridgehead atoms. The van der Waals surface area contributed by atoms with Crippen molar-refractivity contribution >= 4 is 28.8 Å². The van der Waals surface area contributed by atoms with Crippen LogP contribution in [0.3, 0.4) is 0 Å². The first-order valence-electron chi connectivity index (χ1n) is 7.93. The quantitative estimate of drug-likeness (QED) is 0.664. The Bertz CT molecular complexity index is 918. The minimum atomic E-state index is -0.262. The normalized spacial score (nSPS) is 10.6. The second-order valence-corrected chi connectivity index (χ2v) is 5.60. The predicted octanol–water partition coefficient (Wildman–Crippen LogP) is 2.18. The molecule has 7 nitrogen and oxygen atoms in total. The first kappa shape index (κ1) is 16.7. The Labute approximate surface area is 144 Å². The number of hydrogen-bond donors (Lipinski definition) is 3. The largest absolute Gasteiger partial charge is 0.330 e. The van der Waals surface area contributed by atoms with Gasteiger partial charge in [-0.15, -0.1) is 0 Å². The minimum absolute atomic E-state index is 0.172. The van der Waals surface area contributed by atoms with Crippen molar-refractivity contribution in [2.24, 2.45) is 5.73 Å². The van der Waals surface area contributed by atoms with Gasteiger partial charge in [-0.25, -0.2) is 4.98 Å². The van der Waals surface area contributed by atoms with Crippen molar-refractivity contribution in [2.75, 3.05) is 17.2 Å². The van der Waals surface area contributed by atoms with E-state index in [2.05, 4.69) is 15.6 Å². The van der Waals surface area contributed by atoms with Crippen molar-refractivity contribution in [3.63, 3.8) is 0 Å². The lowest BCUT2D eigenvalue weighted by molar-refractivity contribution is -0.116. The fraction of sp³-hybridized carbons (Fsp3) is 0.167. The number of carbonyl (C=O) groups excluding carboxylic acids is 2. The summed E-state index contributed by atoms with van der Waals surface area (Å²) in [7, 11) is 0. The number of fused-ring (bicyclic) bond motifs is 1. The van der Waals surface area contributed by atoms with Gasteiger partial charge in [0.05, 0.1) is 11.4 Å². The van der Waals surface area contributed by atoms with E-state index in [1.807, 2.05) is 30.3 Å². The van der Waals surface area contributed by atoms with Crippen LogP contribution in [-0.2, 0) is 4.79 Å². The van der Waals surface area contributed by atoms with E-state index in [0.717, 1.165) is 0 Å². The molecule has 0 spiro atoms. The van der Waals surface area contributed by atoms with Gasteiger partial charge in [0.25, 0.3) is 5.91 Å². The third kappa shape index (κ3) is 3.67. The van der Waals surface area contributed by atoms with Gasteiger partial charge in [-0.1, -0.05) is 18.2 Å². The lowest BCUT2D eigenvalue weighted by atomic mass is 10.3. The Morgan fingerprint density at radius 1 is 1.08 bits per heavy atom. The summed E-state index contributed by atoms with van der Waals surface area (Å²) in [4.78, 5) is 28.8. The SMILES string of the molecule is Cc1nc2ccc(NC(=O)CCN)cn2c1C(=O)Nc1ccccc1. The highest BCUT2D eigenvalue weighted by Crippen LogP contribution is 2.18. The van der Waals surface area contributed by atoms with Crippen LogP contribution in [-0.4, -0.2) is 27.7 Å². The first-order chi connectivity index (χ1) is 12.1. The molecule has 4 N–H and O–H groups in total. The van der Waals surface area contributed by atoms with E-state index in [1.165, 1.54) is 0 Å². The molecule has 0 aliphatic rings. The number of rotatable bonds is 5. The second-order valence-electron chi connectivity index (χ2n) is 5.60. The van der Waals surface area contributed by atoms with Gasteiger partial charge in [0.1, 0.15) is 11.3 Å². The molecule has 0 saturated carbocycles. The summed E-state index contributed by atoms with van der Waals surface area (Å²) in [5.41, 5.74) is 8.34. The summed E-state index contributed by atoms with van der Waals surface area (Å²) in [5.74, 6) is -0.435. The average molecular weight is 337 g/mol. The highest BCUT2D eigenvalue weighted by molar-refractivity contribution is 6.04. The smallest absolute Gasteiger partial charge is 0.274 e. The van der Waals surface area contributed by atoms with Gasteiger partial charge in [0.15, 0.2) is 0 Å². The zero-order valence-electron chi connectivity index (χ0n) is 13.8. The fourth-order valence-corrected chi connectivity index (χ4v) is 2.58.